The van der Waals surface area contributed by atoms with E-state index in [9.17, 15) is 15.0 Å². The van der Waals surface area contributed by atoms with E-state index in [1.54, 1.807) is 23.2 Å². The largest absolute Gasteiger partial charge is 0.491 e. The Balaban J connectivity index is 1.29. The minimum Gasteiger partial charge on any atom is -0.491 e. The van der Waals surface area contributed by atoms with Crippen LogP contribution in [0.5, 0.6) is 5.75 Å². The summed E-state index contributed by atoms with van der Waals surface area (Å²) in [5, 5.41) is 24.1. The van der Waals surface area contributed by atoms with Gasteiger partial charge in [0.25, 0.3) is 0 Å². The van der Waals surface area contributed by atoms with Gasteiger partial charge in [0.05, 0.1) is 17.1 Å². The molecule has 0 bridgehead atoms. The normalized spacial score (nSPS) is 13.2. The summed E-state index contributed by atoms with van der Waals surface area (Å²) in [7, 11) is 3.45. The second kappa shape index (κ2) is 10.0. The van der Waals surface area contributed by atoms with Crippen molar-refractivity contribution in [1.29, 1.82) is 0 Å². The minimum absolute atomic E-state index is 0.1000. The van der Waals surface area contributed by atoms with E-state index in [1.165, 1.54) is 0 Å². The van der Waals surface area contributed by atoms with E-state index in [-0.39, 0.29) is 12.3 Å². The predicted octanol–water partition coefficient (Wildman–Crippen LogP) is 2.81. The highest BCUT2D eigenvalue weighted by molar-refractivity contribution is 5.77. The lowest BCUT2D eigenvalue weighted by Crippen LogP contribution is -2.21. The number of hydrogen-bond acceptors (Lipinski definition) is 5. The van der Waals surface area contributed by atoms with E-state index in [1.807, 2.05) is 72.8 Å². The Labute approximate surface area is 192 Å². The molecule has 0 saturated heterocycles. The van der Waals surface area contributed by atoms with Gasteiger partial charge in [-0.25, -0.2) is 4.79 Å². The van der Waals surface area contributed by atoms with Crippen LogP contribution in [0.4, 0.5) is 0 Å². The van der Waals surface area contributed by atoms with E-state index in [4.69, 9.17) is 4.74 Å². The van der Waals surface area contributed by atoms with Gasteiger partial charge in [0.2, 0.25) is 0 Å². The topological polar surface area (TPSA) is 88.7 Å². The van der Waals surface area contributed by atoms with Crippen molar-refractivity contribution in [3.05, 3.63) is 100.0 Å². The molecule has 3 N–H and O–H groups in total. The number of ether oxygens (including phenoxy) is 1. The van der Waals surface area contributed by atoms with Crippen LogP contribution in [-0.2, 0) is 20.6 Å². The molecule has 2 unspecified atom stereocenters. The first-order valence-electron chi connectivity index (χ1n) is 10.9. The molecule has 7 nitrogen and oxygen atoms in total. The van der Waals surface area contributed by atoms with Crippen molar-refractivity contribution < 1.29 is 14.9 Å². The Kier molecular flexibility index (Phi) is 6.93. The Morgan fingerprint density at radius 2 is 1.55 bits per heavy atom. The Morgan fingerprint density at radius 3 is 2.27 bits per heavy atom. The van der Waals surface area contributed by atoms with Crippen molar-refractivity contribution in [2.24, 2.45) is 14.1 Å². The third-order valence-corrected chi connectivity index (χ3v) is 5.86. The molecule has 0 fully saturated rings. The van der Waals surface area contributed by atoms with Crippen LogP contribution in [-0.4, -0.2) is 32.5 Å². The molecule has 4 aromatic rings. The van der Waals surface area contributed by atoms with Crippen molar-refractivity contribution in [2.45, 2.75) is 18.8 Å². The first-order valence-corrected chi connectivity index (χ1v) is 10.9. The number of hydrogen-bond donors (Lipinski definition) is 3. The van der Waals surface area contributed by atoms with Crippen molar-refractivity contribution >= 4 is 11.0 Å². The van der Waals surface area contributed by atoms with E-state index < -0.39 is 12.2 Å². The fraction of sp³-hybridized carbons (Fsp3) is 0.269. The number of aliphatic hydroxyl groups excluding tert-OH is 2. The number of aryl methyl sites for hydroxylation is 2. The molecule has 33 heavy (non-hydrogen) atoms. The summed E-state index contributed by atoms with van der Waals surface area (Å²) in [5.41, 5.74) is 4.14. The van der Waals surface area contributed by atoms with Gasteiger partial charge >= 0.3 is 5.69 Å². The number of nitrogens with one attached hydrogen (secondary N) is 1. The molecule has 4 rings (SSSR count). The van der Waals surface area contributed by atoms with Crippen LogP contribution in [0.3, 0.4) is 0 Å². The lowest BCUT2D eigenvalue weighted by molar-refractivity contribution is 0.108. The van der Waals surface area contributed by atoms with Gasteiger partial charge in [-0.3, -0.25) is 9.13 Å². The average Bonchev–Trinajstić information content (AvgIpc) is 3.07. The molecule has 172 valence electrons. The zero-order valence-electron chi connectivity index (χ0n) is 18.8. The quantitative estimate of drug-likeness (QED) is 0.367. The summed E-state index contributed by atoms with van der Waals surface area (Å²) in [5.74, 6) is 0.662. The van der Waals surface area contributed by atoms with Crippen molar-refractivity contribution in [2.75, 3.05) is 13.2 Å². The molecule has 1 aromatic heterocycles. The van der Waals surface area contributed by atoms with Crippen molar-refractivity contribution in [1.82, 2.24) is 14.5 Å². The highest BCUT2D eigenvalue weighted by Gasteiger charge is 2.13. The number of fused-ring (bicyclic) bond motifs is 1. The lowest BCUT2D eigenvalue weighted by atomic mass is 10.1. The van der Waals surface area contributed by atoms with E-state index in [0.717, 1.165) is 22.2 Å². The van der Waals surface area contributed by atoms with Crippen molar-refractivity contribution in [3.63, 3.8) is 0 Å². The first-order chi connectivity index (χ1) is 15.9. The standard InChI is InChI=1S/C26H29N3O4/c1-28-22-13-10-20(14-23(22)29(2)26(28)32)25(31)17-33-21-11-8-18(9-12-21)15-27-16-24(30)19-6-4-3-5-7-19/h3-14,24-25,27,30-31H,15-17H2,1-2H3. The van der Waals surface area contributed by atoms with Gasteiger partial charge in [-0.1, -0.05) is 48.5 Å². The van der Waals surface area contributed by atoms with Crippen LogP contribution in [0.25, 0.3) is 11.0 Å². The molecule has 2 atom stereocenters. The Morgan fingerprint density at radius 1 is 0.848 bits per heavy atom. The average molecular weight is 448 g/mol. The fourth-order valence-electron chi connectivity index (χ4n) is 3.85. The third-order valence-electron chi connectivity index (χ3n) is 5.86. The summed E-state index contributed by atoms with van der Waals surface area (Å²) < 4.78 is 8.92. The molecule has 0 spiro atoms. The summed E-state index contributed by atoms with van der Waals surface area (Å²) in [6.45, 7) is 1.20. The number of aromatic nitrogens is 2. The van der Waals surface area contributed by atoms with Gasteiger partial charge in [0.15, 0.2) is 0 Å². The number of rotatable bonds is 9. The molecule has 0 aliphatic heterocycles. The Bertz CT molecular complexity index is 1260. The van der Waals surface area contributed by atoms with Gasteiger partial charge in [-0.2, -0.15) is 0 Å². The monoisotopic (exact) mass is 447 g/mol. The lowest BCUT2D eigenvalue weighted by Gasteiger charge is -2.14. The maximum absolute atomic E-state index is 12.1. The zero-order chi connectivity index (χ0) is 23.4. The second-order valence-electron chi connectivity index (χ2n) is 8.18. The van der Waals surface area contributed by atoms with Crippen LogP contribution in [0.2, 0.25) is 0 Å². The van der Waals surface area contributed by atoms with Gasteiger partial charge < -0.3 is 20.3 Å². The molecule has 0 amide bonds. The van der Waals surface area contributed by atoms with E-state index in [2.05, 4.69) is 5.32 Å². The molecular weight excluding hydrogens is 418 g/mol. The van der Waals surface area contributed by atoms with E-state index >= 15 is 0 Å². The number of nitrogens with zero attached hydrogens (tertiary/aromatic N) is 2. The predicted molar refractivity (Wildman–Crippen MR) is 128 cm³/mol. The van der Waals surface area contributed by atoms with Crippen LogP contribution < -0.4 is 15.7 Å². The van der Waals surface area contributed by atoms with Gasteiger partial charge in [0.1, 0.15) is 18.5 Å². The summed E-state index contributed by atoms with van der Waals surface area (Å²) in [4.78, 5) is 12.1. The van der Waals surface area contributed by atoms with Gasteiger partial charge in [0, 0.05) is 27.2 Å². The van der Waals surface area contributed by atoms with Crippen LogP contribution in [0.15, 0.2) is 77.6 Å². The molecule has 0 saturated carbocycles. The second-order valence-corrected chi connectivity index (χ2v) is 8.18. The molecular formula is C26H29N3O4. The van der Waals surface area contributed by atoms with E-state index in [0.29, 0.717) is 24.4 Å². The maximum atomic E-state index is 12.1. The van der Waals surface area contributed by atoms with Crippen LogP contribution >= 0.6 is 0 Å². The number of imidazole rings is 1. The highest BCUT2D eigenvalue weighted by Crippen LogP contribution is 2.21. The highest BCUT2D eigenvalue weighted by atomic mass is 16.5. The molecule has 0 aliphatic rings. The van der Waals surface area contributed by atoms with Gasteiger partial charge in [-0.15, -0.1) is 0 Å². The smallest absolute Gasteiger partial charge is 0.328 e. The number of aliphatic hydroxyl groups is 2. The molecule has 0 aliphatic carbocycles. The minimum atomic E-state index is -0.814. The Hall–Kier alpha value is -3.39. The SMILES string of the molecule is Cn1c(=O)n(C)c2cc(C(O)COc3ccc(CNCC(O)c4ccccc4)cc3)ccc21. The molecule has 0 radical (unpaired) electrons. The summed E-state index contributed by atoms with van der Waals surface area (Å²) >= 11 is 0. The van der Waals surface area contributed by atoms with Crippen LogP contribution in [0, 0.1) is 0 Å². The maximum Gasteiger partial charge on any atom is 0.328 e. The zero-order valence-corrected chi connectivity index (χ0v) is 18.8. The summed E-state index contributed by atoms with van der Waals surface area (Å²) in [6.07, 6.45) is -1.36. The van der Waals surface area contributed by atoms with Crippen molar-refractivity contribution in [3.8, 4) is 5.75 Å². The first kappa shape index (κ1) is 22.8. The number of benzene rings is 3. The van der Waals surface area contributed by atoms with Crippen LogP contribution in [0.1, 0.15) is 28.9 Å². The van der Waals surface area contributed by atoms with Gasteiger partial charge in [-0.05, 0) is 41.0 Å². The fourth-order valence-corrected chi connectivity index (χ4v) is 3.85. The molecule has 1 heterocycles. The third kappa shape index (κ3) is 5.17. The summed E-state index contributed by atoms with van der Waals surface area (Å²) in [6, 6.07) is 22.7. The molecule has 7 heteroatoms. The molecule has 3 aromatic carbocycles.